The van der Waals surface area contributed by atoms with Gasteiger partial charge in [0.15, 0.2) is 0 Å². The van der Waals surface area contributed by atoms with Crippen LogP contribution in [0.4, 0.5) is 0 Å². The number of carbonyl (C=O) groups is 1. The molecular formula is C10H12O3. The van der Waals surface area contributed by atoms with E-state index in [9.17, 15) is 9.90 Å². The number of aliphatic carboxylic acids is 1. The SMILES string of the molecule is CCc1c(O)cccc1CC(=O)O. The van der Waals surface area contributed by atoms with Gasteiger partial charge in [0.25, 0.3) is 0 Å². The number of hydrogen-bond acceptors (Lipinski definition) is 2. The number of carboxylic acids is 1. The predicted octanol–water partition coefficient (Wildman–Crippen LogP) is 1.58. The standard InChI is InChI=1S/C10H12O3/c1-2-8-7(6-10(12)13)4-3-5-9(8)11/h3-5,11H,2,6H2,1H3,(H,12,13). The Morgan fingerprint density at radius 3 is 2.69 bits per heavy atom. The van der Waals surface area contributed by atoms with Gasteiger partial charge in [-0.25, -0.2) is 0 Å². The van der Waals surface area contributed by atoms with E-state index in [1.807, 2.05) is 6.92 Å². The molecule has 1 aromatic rings. The summed E-state index contributed by atoms with van der Waals surface area (Å²) in [7, 11) is 0. The number of phenolic OH excluding ortho intramolecular Hbond substituents is 1. The summed E-state index contributed by atoms with van der Waals surface area (Å²) in [5, 5.41) is 18.0. The van der Waals surface area contributed by atoms with Crippen molar-refractivity contribution < 1.29 is 15.0 Å². The third-order valence-electron chi connectivity index (χ3n) is 1.94. The van der Waals surface area contributed by atoms with E-state index in [1.165, 1.54) is 0 Å². The zero-order valence-electron chi connectivity index (χ0n) is 7.45. The van der Waals surface area contributed by atoms with Crippen molar-refractivity contribution in [2.45, 2.75) is 19.8 Å². The molecule has 0 spiro atoms. The first kappa shape index (κ1) is 9.58. The molecule has 0 aliphatic carbocycles. The second-order valence-corrected chi connectivity index (χ2v) is 2.84. The van der Waals surface area contributed by atoms with Crippen molar-refractivity contribution in [1.29, 1.82) is 0 Å². The van der Waals surface area contributed by atoms with Gasteiger partial charge >= 0.3 is 5.97 Å². The first-order valence-electron chi connectivity index (χ1n) is 4.16. The van der Waals surface area contributed by atoms with E-state index in [0.717, 1.165) is 5.56 Å². The van der Waals surface area contributed by atoms with Gasteiger partial charge in [0.2, 0.25) is 0 Å². The summed E-state index contributed by atoms with van der Waals surface area (Å²) in [6, 6.07) is 4.96. The summed E-state index contributed by atoms with van der Waals surface area (Å²) in [5.41, 5.74) is 1.42. The highest BCUT2D eigenvalue weighted by molar-refractivity contribution is 5.71. The highest BCUT2D eigenvalue weighted by Gasteiger charge is 2.08. The smallest absolute Gasteiger partial charge is 0.307 e. The van der Waals surface area contributed by atoms with Gasteiger partial charge < -0.3 is 10.2 Å². The summed E-state index contributed by atoms with van der Waals surface area (Å²) in [6.45, 7) is 1.89. The van der Waals surface area contributed by atoms with Crippen LogP contribution >= 0.6 is 0 Å². The molecule has 0 atom stereocenters. The van der Waals surface area contributed by atoms with Crippen LogP contribution < -0.4 is 0 Å². The lowest BCUT2D eigenvalue weighted by molar-refractivity contribution is -0.136. The molecule has 13 heavy (non-hydrogen) atoms. The molecular weight excluding hydrogens is 168 g/mol. The predicted molar refractivity (Wildman–Crippen MR) is 48.8 cm³/mol. The Hall–Kier alpha value is -1.51. The molecule has 0 radical (unpaired) electrons. The van der Waals surface area contributed by atoms with E-state index in [2.05, 4.69) is 0 Å². The average molecular weight is 180 g/mol. The molecule has 0 saturated carbocycles. The van der Waals surface area contributed by atoms with Gasteiger partial charge in [-0.15, -0.1) is 0 Å². The van der Waals surface area contributed by atoms with Crippen LogP contribution in [0, 0.1) is 0 Å². The molecule has 0 fully saturated rings. The third kappa shape index (κ3) is 2.21. The summed E-state index contributed by atoms with van der Waals surface area (Å²) < 4.78 is 0. The monoisotopic (exact) mass is 180 g/mol. The molecule has 70 valence electrons. The van der Waals surface area contributed by atoms with E-state index in [0.29, 0.717) is 12.0 Å². The molecule has 3 heteroatoms. The van der Waals surface area contributed by atoms with Crippen molar-refractivity contribution in [1.82, 2.24) is 0 Å². The van der Waals surface area contributed by atoms with E-state index in [-0.39, 0.29) is 12.2 Å². The van der Waals surface area contributed by atoms with Gasteiger partial charge in [0, 0.05) is 0 Å². The molecule has 1 aromatic carbocycles. The molecule has 0 aromatic heterocycles. The van der Waals surface area contributed by atoms with E-state index >= 15 is 0 Å². The van der Waals surface area contributed by atoms with Gasteiger partial charge in [-0.1, -0.05) is 19.1 Å². The Kier molecular flexibility index (Phi) is 2.90. The van der Waals surface area contributed by atoms with Gasteiger partial charge in [0.1, 0.15) is 5.75 Å². The van der Waals surface area contributed by atoms with Crippen molar-refractivity contribution in [2.75, 3.05) is 0 Å². The molecule has 0 saturated heterocycles. The molecule has 0 aliphatic rings. The minimum absolute atomic E-state index is 0.0302. The maximum Gasteiger partial charge on any atom is 0.307 e. The normalized spacial score (nSPS) is 9.92. The van der Waals surface area contributed by atoms with Crippen molar-refractivity contribution >= 4 is 5.97 Å². The number of hydrogen-bond donors (Lipinski definition) is 2. The Balaban J connectivity index is 3.05. The van der Waals surface area contributed by atoms with Gasteiger partial charge in [-0.2, -0.15) is 0 Å². The lowest BCUT2D eigenvalue weighted by atomic mass is 10.0. The van der Waals surface area contributed by atoms with Crippen molar-refractivity contribution in [3.8, 4) is 5.75 Å². The molecule has 0 unspecified atom stereocenters. The number of aromatic hydroxyl groups is 1. The van der Waals surface area contributed by atoms with Crippen LogP contribution in [0.15, 0.2) is 18.2 Å². The molecule has 1 rings (SSSR count). The second-order valence-electron chi connectivity index (χ2n) is 2.84. The van der Waals surface area contributed by atoms with Gasteiger partial charge in [0.05, 0.1) is 6.42 Å². The molecule has 0 bridgehead atoms. The Labute approximate surface area is 76.6 Å². The Morgan fingerprint density at radius 2 is 2.15 bits per heavy atom. The molecule has 0 heterocycles. The topological polar surface area (TPSA) is 57.5 Å². The van der Waals surface area contributed by atoms with E-state index in [4.69, 9.17) is 5.11 Å². The average Bonchev–Trinajstić information content (AvgIpc) is 2.03. The summed E-state index contributed by atoms with van der Waals surface area (Å²) in [5.74, 6) is -0.693. The third-order valence-corrected chi connectivity index (χ3v) is 1.94. The number of benzene rings is 1. The largest absolute Gasteiger partial charge is 0.508 e. The fraction of sp³-hybridized carbons (Fsp3) is 0.300. The van der Waals surface area contributed by atoms with E-state index in [1.54, 1.807) is 18.2 Å². The van der Waals surface area contributed by atoms with Crippen molar-refractivity contribution in [3.63, 3.8) is 0 Å². The van der Waals surface area contributed by atoms with Crippen molar-refractivity contribution in [3.05, 3.63) is 29.3 Å². The van der Waals surface area contributed by atoms with Crippen molar-refractivity contribution in [2.24, 2.45) is 0 Å². The number of rotatable bonds is 3. The summed E-state index contributed by atoms with van der Waals surface area (Å²) in [4.78, 5) is 10.5. The highest BCUT2D eigenvalue weighted by Crippen LogP contribution is 2.21. The fourth-order valence-corrected chi connectivity index (χ4v) is 1.36. The zero-order chi connectivity index (χ0) is 9.84. The van der Waals surface area contributed by atoms with Gasteiger partial charge in [-0.3, -0.25) is 4.79 Å². The first-order valence-corrected chi connectivity index (χ1v) is 4.16. The Morgan fingerprint density at radius 1 is 1.46 bits per heavy atom. The molecule has 2 N–H and O–H groups in total. The minimum Gasteiger partial charge on any atom is -0.508 e. The van der Waals surface area contributed by atoms with Crippen LogP contribution in [0.2, 0.25) is 0 Å². The highest BCUT2D eigenvalue weighted by atomic mass is 16.4. The van der Waals surface area contributed by atoms with E-state index < -0.39 is 5.97 Å². The number of phenols is 1. The maximum atomic E-state index is 10.5. The summed E-state index contributed by atoms with van der Waals surface area (Å²) >= 11 is 0. The molecule has 0 aliphatic heterocycles. The summed E-state index contributed by atoms with van der Waals surface area (Å²) in [6.07, 6.45) is 0.618. The minimum atomic E-state index is -0.875. The lowest BCUT2D eigenvalue weighted by Gasteiger charge is -2.06. The van der Waals surface area contributed by atoms with Crippen LogP contribution in [0.5, 0.6) is 5.75 Å². The van der Waals surface area contributed by atoms with Crippen LogP contribution in [-0.4, -0.2) is 16.2 Å². The maximum absolute atomic E-state index is 10.5. The quantitative estimate of drug-likeness (QED) is 0.742. The second kappa shape index (κ2) is 3.94. The zero-order valence-corrected chi connectivity index (χ0v) is 7.45. The number of carboxylic acid groups (broad SMARTS) is 1. The van der Waals surface area contributed by atoms with Crippen LogP contribution in [0.25, 0.3) is 0 Å². The fourth-order valence-electron chi connectivity index (χ4n) is 1.36. The van der Waals surface area contributed by atoms with Crippen LogP contribution in [0.3, 0.4) is 0 Å². The van der Waals surface area contributed by atoms with Crippen LogP contribution in [-0.2, 0) is 17.6 Å². The molecule has 0 amide bonds. The van der Waals surface area contributed by atoms with Crippen LogP contribution in [0.1, 0.15) is 18.1 Å². The lowest BCUT2D eigenvalue weighted by Crippen LogP contribution is -2.03. The first-order chi connectivity index (χ1) is 6.15. The molecule has 3 nitrogen and oxygen atoms in total. The van der Waals surface area contributed by atoms with Gasteiger partial charge in [-0.05, 0) is 23.6 Å². The Bertz CT molecular complexity index is 318.